The SMILES string of the molecule is C/N=C(\C)C(C)(C)c1ccc(-n2c(CO)cc3cnc(Cl)nc32)cc1. The van der Waals surface area contributed by atoms with E-state index in [0.29, 0.717) is 5.65 Å². The van der Waals surface area contributed by atoms with E-state index < -0.39 is 0 Å². The average Bonchev–Trinajstić information content (AvgIpc) is 2.98. The minimum Gasteiger partial charge on any atom is -0.390 e. The number of aliphatic hydroxyl groups excluding tert-OH is 1. The van der Waals surface area contributed by atoms with E-state index in [0.717, 1.165) is 22.5 Å². The Bertz CT molecular complexity index is 942. The van der Waals surface area contributed by atoms with Crippen molar-refractivity contribution in [1.82, 2.24) is 14.5 Å². The fourth-order valence-electron chi connectivity index (χ4n) is 2.94. The maximum Gasteiger partial charge on any atom is 0.224 e. The summed E-state index contributed by atoms with van der Waals surface area (Å²) in [6, 6.07) is 10.1. The van der Waals surface area contributed by atoms with Crippen LogP contribution in [0.4, 0.5) is 0 Å². The third-order valence-electron chi connectivity index (χ3n) is 4.84. The lowest BCUT2D eigenvalue weighted by molar-refractivity contribution is 0.275. The molecule has 0 saturated carbocycles. The molecular weight excluding hydrogens is 336 g/mol. The molecule has 0 unspecified atom stereocenters. The van der Waals surface area contributed by atoms with Gasteiger partial charge in [-0.05, 0) is 42.3 Å². The molecule has 0 amide bonds. The van der Waals surface area contributed by atoms with Gasteiger partial charge in [-0.25, -0.2) is 4.98 Å². The molecule has 5 nitrogen and oxygen atoms in total. The van der Waals surface area contributed by atoms with E-state index in [1.165, 1.54) is 5.56 Å². The van der Waals surface area contributed by atoms with Crippen LogP contribution in [0, 0.1) is 0 Å². The first-order valence-corrected chi connectivity index (χ1v) is 8.44. The third-order valence-corrected chi connectivity index (χ3v) is 5.02. The van der Waals surface area contributed by atoms with E-state index in [-0.39, 0.29) is 17.3 Å². The molecule has 0 fully saturated rings. The molecule has 0 saturated heterocycles. The number of aliphatic imine (C=N–C) groups is 1. The number of hydrogen-bond acceptors (Lipinski definition) is 4. The smallest absolute Gasteiger partial charge is 0.224 e. The normalized spacial score (nSPS) is 12.8. The van der Waals surface area contributed by atoms with E-state index in [2.05, 4.69) is 40.9 Å². The Labute approximate surface area is 152 Å². The van der Waals surface area contributed by atoms with Crippen molar-refractivity contribution in [2.24, 2.45) is 4.99 Å². The second kappa shape index (κ2) is 6.58. The second-order valence-corrected chi connectivity index (χ2v) is 6.87. The van der Waals surface area contributed by atoms with Crippen molar-refractivity contribution in [3.05, 3.63) is 53.1 Å². The summed E-state index contributed by atoms with van der Waals surface area (Å²) >= 11 is 5.96. The van der Waals surface area contributed by atoms with Gasteiger partial charge in [0.2, 0.25) is 5.28 Å². The number of hydrogen-bond donors (Lipinski definition) is 1. The summed E-state index contributed by atoms with van der Waals surface area (Å²) in [7, 11) is 1.81. The Morgan fingerprint density at radius 1 is 1.28 bits per heavy atom. The van der Waals surface area contributed by atoms with Crippen LogP contribution >= 0.6 is 11.6 Å². The molecule has 25 heavy (non-hydrogen) atoms. The highest BCUT2D eigenvalue weighted by molar-refractivity contribution is 6.28. The van der Waals surface area contributed by atoms with E-state index in [1.807, 2.05) is 36.7 Å². The topological polar surface area (TPSA) is 63.3 Å². The van der Waals surface area contributed by atoms with Crippen LogP contribution in [-0.4, -0.2) is 32.4 Å². The molecule has 2 aromatic heterocycles. The predicted octanol–water partition coefficient (Wildman–Crippen LogP) is 3.93. The standard InChI is InChI=1S/C19H21ClN4O/c1-12(21-4)19(2,3)14-5-7-15(8-6-14)24-16(11-25)9-13-10-22-18(20)23-17(13)24/h5-10,25H,11H2,1-4H3/b21-12+. The van der Waals surface area contributed by atoms with Crippen molar-refractivity contribution < 1.29 is 5.11 Å². The molecule has 1 N–H and O–H groups in total. The fourth-order valence-corrected chi connectivity index (χ4v) is 3.07. The molecular formula is C19H21ClN4O. The van der Waals surface area contributed by atoms with Crippen molar-refractivity contribution >= 4 is 28.3 Å². The molecule has 130 valence electrons. The van der Waals surface area contributed by atoms with Crippen molar-refractivity contribution in [3.63, 3.8) is 0 Å². The Morgan fingerprint density at radius 2 is 1.96 bits per heavy atom. The summed E-state index contributed by atoms with van der Waals surface area (Å²) in [6.45, 7) is 6.25. The van der Waals surface area contributed by atoms with Crippen LogP contribution in [0.5, 0.6) is 0 Å². The van der Waals surface area contributed by atoms with Crippen molar-refractivity contribution in [3.8, 4) is 5.69 Å². The maximum atomic E-state index is 9.72. The molecule has 2 heterocycles. The Balaban J connectivity index is 2.12. The summed E-state index contributed by atoms with van der Waals surface area (Å²) in [5.41, 5.74) is 4.44. The van der Waals surface area contributed by atoms with Crippen LogP contribution in [0.1, 0.15) is 32.0 Å². The Hall–Kier alpha value is -2.24. The lowest BCUT2D eigenvalue weighted by Gasteiger charge is -2.25. The number of halogens is 1. The van der Waals surface area contributed by atoms with Crippen LogP contribution in [0.3, 0.4) is 0 Å². The zero-order chi connectivity index (χ0) is 18.2. The highest BCUT2D eigenvalue weighted by atomic mass is 35.5. The molecule has 0 radical (unpaired) electrons. The van der Waals surface area contributed by atoms with E-state index in [4.69, 9.17) is 11.6 Å². The van der Waals surface area contributed by atoms with E-state index in [1.54, 1.807) is 6.20 Å². The van der Waals surface area contributed by atoms with Gasteiger partial charge in [0, 0.05) is 35.4 Å². The summed E-state index contributed by atoms with van der Waals surface area (Å²) in [4.78, 5) is 12.7. The molecule has 0 aliphatic rings. The third kappa shape index (κ3) is 3.05. The Morgan fingerprint density at radius 3 is 2.56 bits per heavy atom. The first kappa shape index (κ1) is 17.6. The van der Waals surface area contributed by atoms with Gasteiger partial charge >= 0.3 is 0 Å². The molecule has 0 aliphatic heterocycles. The number of aliphatic hydroxyl groups is 1. The van der Waals surface area contributed by atoms with E-state index >= 15 is 0 Å². The molecule has 0 atom stereocenters. The Kier molecular flexibility index (Phi) is 4.62. The zero-order valence-electron chi connectivity index (χ0n) is 14.8. The minimum atomic E-state index is -0.142. The largest absolute Gasteiger partial charge is 0.390 e. The monoisotopic (exact) mass is 356 g/mol. The van der Waals surface area contributed by atoms with Gasteiger partial charge in [-0.3, -0.25) is 9.56 Å². The zero-order valence-corrected chi connectivity index (χ0v) is 15.5. The second-order valence-electron chi connectivity index (χ2n) is 6.53. The van der Waals surface area contributed by atoms with Crippen LogP contribution in [-0.2, 0) is 12.0 Å². The maximum absolute atomic E-state index is 9.72. The summed E-state index contributed by atoms with van der Waals surface area (Å²) in [6.07, 6.45) is 1.67. The minimum absolute atomic E-state index is 0.0944. The molecule has 6 heteroatoms. The van der Waals surface area contributed by atoms with Crippen molar-refractivity contribution in [2.45, 2.75) is 32.8 Å². The molecule has 0 bridgehead atoms. The quantitative estimate of drug-likeness (QED) is 0.569. The van der Waals surface area contributed by atoms with Gasteiger partial charge in [0.1, 0.15) is 5.65 Å². The number of aromatic nitrogens is 3. The van der Waals surface area contributed by atoms with Gasteiger partial charge in [0.05, 0.1) is 12.3 Å². The lowest BCUT2D eigenvalue weighted by atomic mass is 9.80. The van der Waals surface area contributed by atoms with Gasteiger partial charge < -0.3 is 5.11 Å². The molecule has 1 aromatic carbocycles. The summed E-state index contributed by atoms with van der Waals surface area (Å²) in [5.74, 6) is 0. The van der Waals surface area contributed by atoms with E-state index in [9.17, 15) is 5.11 Å². The average molecular weight is 357 g/mol. The van der Waals surface area contributed by atoms with Gasteiger partial charge in [0.15, 0.2) is 0 Å². The molecule has 0 aliphatic carbocycles. The number of nitrogens with zero attached hydrogens (tertiary/aromatic N) is 4. The van der Waals surface area contributed by atoms with Gasteiger partial charge in [0.25, 0.3) is 0 Å². The van der Waals surface area contributed by atoms with Gasteiger partial charge in [-0.15, -0.1) is 0 Å². The van der Waals surface area contributed by atoms with Crippen molar-refractivity contribution in [2.75, 3.05) is 7.05 Å². The molecule has 3 aromatic rings. The van der Waals surface area contributed by atoms with Crippen LogP contribution < -0.4 is 0 Å². The molecule has 3 rings (SSSR count). The molecule has 0 spiro atoms. The first-order valence-electron chi connectivity index (χ1n) is 8.07. The summed E-state index contributed by atoms with van der Waals surface area (Å²) < 4.78 is 1.90. The van der Waals surface area contributed by atoms with Crippen LogP contribution in [0.15, 0.2) is 41.5 Å². The van der Waals surface area contributed by atoms with Crippen molar-refractivity contribution in [1.29, 1.82) is 0 Å². The van der Waals surface area contributed by atoms with Gasteiger partial charge in [-0.1, -0.05) is 26.0 Å². The number of fused-ring (bicyclic) bond motifs is 1. The van der Waals surface area contributed by atoms with Crippen LogP contribution in [0.2, 0.25) is 5.28 Å². The highest BCUT2D eigenvalue weighted by Crippen LogP contribution is 2.28. The van der Waals surface area contributed by atoms with Crippen LogP contribution in [0.25, 0.3) is 16.7 Å². The summed E-state index contributed by atoms with van der Waals surface area (Å²) in [5, 5.41) is 10.7. The van der Waals surface area contributed by atoms with Gasteiger partial charge in [-0.2, -0.15) is 4.98 Å². The lowest BCUT2D eigenvalue weighted by Crippen LogP contribution is -2.26. The highest BCUT2D eigenvalue weighted by Gasteiger charge is 2.24. The first-order chi connectivity index (χ1) is 11.9. The predicted molar refractivity (Wildman–Crippen MR) is 102 cm³/mol. The number of benzene rings is 1. The number of rotatable bonds is 4. The fraction of sp³-hybridized carbons (Fsp3) is 0.316.